The standard InChI is InChI=1S/C19H21N3O2/c23-19(21-16-11-5-2-6-12-16)24-22-18(15-9-3-1-4-10-15)17-13-7-8-14-20-17/h1,3-4,7-10,13-14,16H,2,5-6,11-12H2,(H,21,23)/b22-18-. The van der Waals surface area contributed by atoms with Crippen LogP contribution in [-0.4, -0.2) is 22.8 Å². The number of nitrogens with zero attached hydrogens (tertiary/aromatic N) is 2. The molecule has 0 unspecified atom stereocenters. The minimum atomic E-state index is -0.508. The molecule has 1 heterocycles. The van der Waals surface area contributed by atoms with Crippen LogP contribution in [0.5, 0.6) is 0 Å². The van der Waals surface area contributed by atoms with Crippen molar-refractivity contribution in [2.24, 2.45) is 5.16 Å². The molecule has 1 saturated carbocycles. The summed E-state index contributed by atoms with van der Waals surface area (Å²) in [7, 11) is 0. The van der Waals surface area contributed by atoms with E-state index in [1.165, 1.54) is 6.42 Å². The van der Waals surface area contributed by atoms with Crippen LogP contribution in [0.25, 0.3) is 0 Å². The Morgan fingerprint density at radius 3 is 2.50 bits per heavy atom. The summed E-state index contributed by atoms with van der Waals surface area (Å²) in [4.78, 5) is 21.4. The van der Waals surface area contributed by atoms with Gasteiger partial charge in [0, 0.05) is 17.8 Å². The molecule has 0 saturated heterocycles. The van der Waals surface area contributed by atoms with Crippen molar-refractivity contribution in [2.45, 2.75) is 38.1 Å². The van der Waals surface area contributed by atoms with Gasteiger partial charge in [-0.3, -0.25) is 9.82 Å². The number of carbonyl (C=O) groups excluding carboxylic acids is 1. The molecule has 1 aliphatic carbocycles. The SMILES string of the molecule is O=C(NC1CCCCC1)O/N=C(/c1ccccc1)c1ccccn1. The van der Waals surface area contributed by atoms with Crippen molar-refractivity contribution in [1.82, 2.24) is 10.3 Å². The van der Waals surface area contributed by atoms with E-state index in [0.29, 0.717) is 11.4 Å². The average Bonchev–Trinajstić information content (AvgIpc) is 2.64. The molecule has 0 radical (unpaired) electrons. The van der Waals surface area contributed by atoms with E-state index in [1.54, 1.807) is 6.20 Å². The summed E-state index contributed by atoms with van der Waals surface area (Å²) in [6.07, 6.45) is 6.73. The van der Waals surface area contributed by atoms with E-state index < -0.39 is 6.09 Å². The molecule has 1 aliphatic rings. The Morgan fingerprint density at radius 2 is 1.79 bits per heavy atom. The molecule has 1 aromatic heterocycles. The second-order valence-corrected chi connectivity index (χ2v) is 5.88. The normalized spacial score (nSPS) is 15.8. The number of benzene rings is 1. The van der Waals surface area contributed by atoms with Crippen molar-refractivity contribution in [3.8, 4) is 0 Å². The number of hydrogen-bond acceptors (Lipinski definition) is 4. The minimum Gasteiger partial charge on any atom is -0.317 e. The minimum absolute atomic E-state index is 0.191. The first-order valence-electron chi connectivity index (χ1n) is 8.35. The molecule has 5 heteroatoms. The van der Waals surface area contributed by atoms with Crippen LogP contribution >= 0.6 is 0 Å². The topological polar surface area (TPSA) is 63.6 Å². The molecule has 1 amide bonds. The lowest BCUT2D eigenvalue weighted by atomic mass is 9.96. The fourth-order valence-electron chi connectivity index (χ4n) is 2.87. The molecular formula is C19H21N3O2. The predicted octanol–water partition coefficient (Wildman–Crippen LogP) is 3.89. The lowest BCUT2D eigenvalue weighted by Gasteiger charge is -2.21. The van der Waals surface area contributed by atoms with Gasteiger partial charge in [-0.25, -0.2) is 4.79 Å². The van der Waals surface area contributed by atoms with E-state index >= 15 is 0 Å². The maximum absolute atomic E-state index is 12.0. The molecule has 0 spiro atoms. The number of amides is 1. The molecule has 0 bridgehead atoms. The molecule has 5 nitrogen and oxygen atoms in total. The number of pyridine rings is 1. The molecule has 1 aromatic carbocycles. The molecule has 1 fully saturated rings. The third kappa shape index (κ3) is 4.41. The van der Waals surface area contributed by atoms with Gasteiger partial charge in [0.25, 0.3) is 0 Å². The fourth-order valence-corrected chi connectivity index (χ4v) is 2.87. The summed E-state index contributed by atoms with van der Waals surface area (Å²) in [6.45, 7) is 0. The highest BCUT2D eigenvalue weighted by Crippen LogP contribution is 2.17. The van der Waals surface area contributed by atoms with Crippen molar-refractivity contribution < 1.29 is 9.63 Å². The highest BCUT2D eigenvalue weighted by Gasteiger charge is 2.17. The van der Waals surface area contributed by atoms with Crippen LogP contribution in [0.15, 0.2) is 59.9 Å². The van der Waals surface area contributed by atoms with Crippen molar-refractivity contribution in [1.29, 1.82) is 0 Å². The van der Waals surface area contributed by atoms with E-state index in [9.17, 15) is 4.79 Å². The summed E-state index contributed by atoms with van der Waals surface area (Å²) in [6, 6.07) is 15.3. The Bertz CT molecular complexity index is 639. The van der Waals surface area contributed by atoms with Gasteiger partial charge in [0.1, 0.15) is 5.71 Å². The highest BCUT2D eigenvalue weighted by atomic mass is 16.7. The Labute approximate surface area is 141 Å². The van der Waals surface area contributed by atoms with Gasteiger partial charge in [-0.1, -0.05) is 60.8 Å². The van der Waals surface area contributed by atoms with E-state index in [-0.39, 0.29) is 6.04 Å². The summed E-state index contributed by atoms with van der Waals surface area (Å²) in [5, 5.41) is 6.96. The van der Waals surface area contributed by atoms with E-state index in [0.717, 1.165) is 31.2 Å². The van der Waals surface area contributed by atoms with Gasteiger partial charge < -0.3 is 5.32 Å². The summed E-state index contributed by atoms with van der Waals surface area (Å²) < 4.78 is 0. The molecule has 124 valence electrons. The lowest BCUT2D eigenvalue weighted by molar-refractivity contribution is 0.143. The Kier molecular flexibility index (Phi) is 5.56. The number of nitrogens with one attached hydrogen (secondary N) is 1. The van der Waals surface area contributed by atoms with Gasteiger partial charge in [0.2, 0.25) is 0 Å². The van der Waals surface area contributed by atoms with Gasteiger partial charge in [0.15, 0.2) is 0 Å². The van der Waals surface area contributed by atoms with Crippen LogP contribution in [0.2, 0.25) is 0 Å². The van der Waals surface area contributed by atoms with Crippen LogP contribution < -0.4 is 5.32 Å². The third-order valence-electron chi connectivity index (χ3n) is 4.10. The van der Waals surface area contributed by atoms with Crippen LogP contribution in [0.3, 0.4) is 0 Å². The first kappa shape index (κ1) is 16.2. The lowest BCUT2D eigenvalue weighted by Crippen LogP contribution is -2.36. The molecule has 3 rings (SSSR count). The van der Waals surface area contributed by atoms with Gasteiger partial charge in [-0.05, 0) is 25.0 Å². The quantitative estimate of drug-likeness (QED) is 0.527. The molecule has 1 N–H and O–H groups in total. The summed E-state index contributed by atoms with van der Waals surface area (Å²) in [5.41, 5.74) is 2.05. The maximum Gasteiger partial charge on any atom is 0.433 e. The van der Waals surface area contributed by atoms with E-state index in [4.69, 9.17) is 4.84 Å². The first-order chi connectivity index (χ1) is 11.8. The third-order valence-corrected chi connectivity index (χ3v) is 4.10. The average molecular weight is 323 g/mol. The molecule has 2 aromatic rings. The van der Waals surface area contributed by atoms with Gasteiger partial charge in [-0.15, -0.1) is 0 Å². The van der Waals surface area contributed by atoms with Crippen LogP contribution in [0.4, 0.5) is 4.79 Å². The molecule has 24 heavy (non-hydrogen) atoms. The Hall–Kier alpha value is -2.69. The maximum atomic E-state index is 12.0. The van der Waals surface area contributed by atoms with Crippen molar-refractivity contribution >= 4 is 11.8 Å². The monoisotopic (exact) mass is 323 g/mol. The number of rotatable bonds is 4. The summed E-state index contributed by atoms with van der Waals surface area (Å²) in [5.74, 6) is 0. The second kappa shape index (κ2) is 8.24. The molecule has 0 atom stereocenters. The van der Waals surface area contributed by atoms with Gasteiger partial charge in [-0.2, -0.15) is 0 Å². The van der Waals surface area contributed by atoms with Gasteiger partial charge in [0.05, 0.1) is 5.69 Å². The predicted molar refractivity (Wildman–Crippen MR) is 92.8 cm³/mol. The number of carbonyl (C=O) groups is 1. The largest absolute Gasteiger partial charge is 0.433 e. The highest BCUT2D eigenvalue weighted by molar-refractivity contribution is 6.11. The zero-order valence-corrected chi connectivity index (χ0v) is 13.5. The molecule has 0 aliphatic heterocycles. The molecular weight excluding hydrogens is 302 g/mol. The smallest absolute Gasteiger partial charge is 0.317 e. The van der Waals surface area contributed by atoms with Crippen molar-refractivity contribution in [3.63, 3.8) is 0 Å². The Morgan fingerprint density at radius 1 is 1.04 bits per heavy atom. The fraction of sp³-hybridized carbons (Fsp3) is 0.316. The summed E-state index contributed by atoms with van der Waals surface area (Å²) >= 11 is 0. The van der Waals surface area contributed by atoms with E-state index in [2.05, 4.69) is 15.5 Å². The number of oxime groups is 1. The van der Waals surface area contributed by atoms with E-state index in [1.807, 2.05) is 48.5 Å². The first-order valence-corrected chi connectivity index (χ1v) is 8.35. The van der Waals surface area contributed by atoms with Gasteiger partial charge >= 0.3 is 6.09 Å². The van der Waals surface area contributed by atoms with Crippen LogP contribution in [0.1, 0.15) is 43.4 Å². The van der Waals surface area contributed by atoms with Crippen molar-refractivity contribution in [3.05, 3.63) is 66.0 Å². The van der Waals surface area contributed by atoms with Crippen molar-refractivity contribution in [2.75, 3.05) is 0 Å². The zero-order valence-electron chi connectivity index (χ0n) is 13.5. The van der Waals surface area contributed by atoms with Crippen LogP contribution in [0, 0.1) is 0 Å². The Balaban J connectivity index is 1.73. The number of aromatic nitrogens is 1. The number of hydrogen-bond donors (Lipinski definition) is 1. The second-order valence-electron chi connectivity index (χ2n) is 5.88. The zero-order chi connectivity index (χ0) is 16.6. The van der Waals surface area contributed by atoms with Crippen LogP contribution in [-0.2, 0) is 4.84 Å².